The van der Waals surface area contributed by atoms with Crippen LogP contribution >= 0.6 is 0 Å². The number of aryl methyl sites for hydroxylation is 1. The van der Waals surface area contributed by atoms with Crippen molar-refractivity contribution in [2.24, 2.45) is 0 Å². The molecule has 1 aromatic rings. The molecular formula is C9H11N3O5S. The average molecular weight is 273 g/mol. The van der Waals surface area contributed by atoms with Crippen LogP contribution in [0.2, 0.25) is 0 Å². The number of nitrogens with zero attached hydrogens (tertiary/aromatic N) is 1. The van der Waals surface area contributed by atoms with Gasteiger partial charge in [-0.1, -0.05) is 6.07 Å². The van der Waals surface area contributed by atoms with Crippen molar-refractivity contribution >= 4 is 27.5 Å². The molecule has 0 aliphatic rings. The van der Waals surface area contributed by atoms with Gasteiger partial charge in [-0.15, -0.1) is 0 Å². The van der Waals surface area contributed by atoms with Crippen LogP contribution in [0.5, 0.6) is 0 Å². The van der Waals surface area contributed by atoms with Crippen molar-refractivity contribution in [3.8, 4) is 0 Å². The number of anilines is 1. The summed E-state index contributed by atoms with van der Waals surface area (Å²) in [5, 5.41) is 10.6. The molecule has 0 fully saturated rings. The molecule has 0 heterocycles. The van der Waals surface area contributed by atoms with E-state index in [4.69, 9.17) is 0 Å². The summed E-state index contributed by atoms with van der Waals surface area (Å²) in [6, 6.07) is 3.74. The fourth-order valence-electron chi connectivity index (χ4n) is 1.19. The Balaban J connectivity index is 3.07. The van der Waals surface area contributed by atoms with Crippen LogP contribution in [0.15, 0.2) is 18.2 Å². The SMILES string of the molecule is CC(=O)NS(=O)(=O)Nc1cc([N+](=O)[O-])ccc1C. The Bertz CT molecular complexity index is 596. The molecule has 2 N–H and O–H groups in total. The third kappa shape index (κ3) is 3.70. The number of rotatable bonds is 4. The summed E-state index contributed by atoms with van der Waals surface area (Å²) in [7, 11) is -4.07. The van der Waals surface area contributed by atoms with Gasteiger partial charge in [-0.3, -0.25) is 19.6 Å². The molecule has 0 radical (unpaired) electrons. The van der Waals surface area contributed by atoms with Crippen LogP contribution in [0, 0.1) is 17.0 Å². The standard InChI is InChI=1S/C9H11N3O5S/c1-6-3-4-8(12(14)15)5-9(6)11-18(16,17)10-7(2)13/h3-5,11H,1-2H3,(H,10,13). The number of hydrogen-bond donors (Lipinski definition) is 2. The van der Waals surface area contributed by atoms with Crippen LogP contribution in [-0.4, -0.2) is 19.2 Å². The van der Waals surface area contributed by atoms with Crippen LogP contribution < -0.4 is 9.44 Å². The lowest BCUT2D eigenvalue weighted by Gasteiger charge is -2.10. The molecule has 0 saturated heterocycles. The Morgan fingerprint density at radius 1 is 1.39 bits per heavy atom. The first-order valence-electron chi connectivity index (χ1n) is 4.77. The first kappa shape index (κ1) is 13.9. The first-order chi connectivity index (χ1) is 8.21. The van der Waals surface area contributed by atoms with E-state index >= 15 is 0 Å². The van der Waals surface area contributed by atoms with Crippen molar-refractivity contribution < 1.29 is 18.1 Å². The second kappa shape index (κ2) is 5.00. The highest BCUT2D eigenvalue weighted by Gasteiger charge is 2.15. The van der Waals surface area contributed by atoms with E-state index < -0.39 is 21.0 Å². The predicted molar refractivity (Wildman–Crippen MR) is 64.2 cm³/mol. The van der Waals surface area contributed by atoms with E-state index in [-0.39, 0.29) is 11.4 Å². The molecule has 1 amide bonds. The largest absolute Gasteiger partial charge is 0.323 e. The van der Waals surface area contributed by atoms with E-state index in [9.17, 15) is 23.3 Å². The molecule has 9 heteroatoms. The number of nitro groups is 1. The minimum absolute atomic E-state index is 0.0398. The zero-order valence-electron chi connectivity index (χ0n) is 9.63. The van der Waals surface area contributed by atoms with Crippen molar-refractivity contribution in [3.05, 3.63) is 33.9 Å². The van der Waals surface area contributed by atoms with Crippen molar-refractivity contribution in [2.45, 2.75) is 13.8 Å². The average Bonchev–Trinajstić information content (AvgIpc) is 2.18. The van der Waals surface area contributed by atoms with Gasteiger partial charge in [0.1, 0.15) is 0 Å². The van der Waals surface area contributed by atoms with E-state index in [0.717, 1.165) is 13.0 Å². The van der Waals surface area contributed by atoms with Gasteiger partial charge in [-0.2, -0.15) is 8.42 Å². The van der Waals surface area contributed by atoms with Gasteiger partial charge in [0, 0.05) is 19.1 Å². The van der Waals surface area contributed by atoms with Crippen molar-refractivity contribution in [2.75, 3.05) is 4.72 Å². The highest BCUT2D eigenvalue weighted by molar-refractivity contribution is 7.91. The summed E-state index contributed by atoms with van der Waals surface area (Å²) >= 11 is 0. The maximum atomic E-state index is 11.4. The van der Waals surface area contributed by atoms with Crippen LogP contribution in [0.3, 0.4) is 0 Å². The normalized spacial score (nSPS) is 10.8. The first-order valence-corrected chi connectivity index (χ1v) is 6.26. The fraction of sp³-hybridized carbons (Fsp3) is 0.222. The second-order valence-corrected chi connectivity index (χ2v) is 4.94. The summed E-state index contributed by atoms with van der Waals surface area (Å²) in [6.45, 7) is 2.62. The van der Waals surface area contributed by atoms with Crippen LogP contribution in [0.1, 0.15) is 12.5 Å². The molecule has 0 bridgehead atoms. The van der Waals surface area contributed by atoms with Gasteiger partial charge in [0.25, 0.3) is 5.69 Å². The lowest BCUT2D eigenvalue weighted by molar-refractivity contribution is -0.384. The van der Waals surface area contributed by atoms with E-state index in [1.165, 1.54) is 12.1 Å². The van der Waals surface area contributed by atoms with Crippen molar-refractivity contribution in [3.63, 3.8) is 0 Å². The zero-order valence-corrected chi connectivity index (χ0v) is 10.4. The summed E-state index contributed by atoms with van der Waals surface area (Å²) in [5.41, 5.74) is 0.286. The molecular weight excluding hydrogens is 262 g/mol. The van der Waals surface area contributed by atoms with Crippen molar-refractivity contribution in [1.82, 2.24) is 4.72 Å². The van der Waals surface area contributed by atoms with Gasteiger partial charge in [0.05, 0.1) is 10.6 Å². The minimum Gasteiger partial charge on any atom is -0.274 e. The molecule has 0 unspecified atom stereocenters. The number of nitro benzene ring substituents is 1. The number of benzene rings is 1. The lowest BCUT2D eigenvalue weighted by Crippen LogP contribution is -2.33. The summed E-state index contributed by atoms with van der Waals surface area (Å²) in [5.74, 6) is -0.759. The quantitative estimate of drug-likeness (QED) is 0.618. The molecule has 0 saturated carbocycles. The van der Waals surface area contributed by atoms with Crippen LogP contribution in [0.4, 0.5) is 11.4 Å². The number of amides is 1. The summed E-state index contributed by atoms with van der Waals surface area (Å²) in [6.07, 6.45) is 0. The Morgan fingerprint density at radius 2 is 2.00 bits per heavy atom. The molecule has 0 aromatic heterocycles. The van der Waals surface area contributed by atoms with E-state index in [2.05, 4.69) is 0 Å². The smallest absolute Gasteiger partial charge is 0.274 e. The molecule has 98 valence electrons. The Kier molecular flexibility index (Phi) is 3.86. The predicted octanol–water partition coefficient (Wildman–Crippen LogP) is 0.696. The molecule has 0 aliphatic carbocycles. The van der Waals surface area contributed by atoms with Crippen LogP contribution in [-0.2, 0) is 15.0 Å². The lowest BCUT2D eigenvalue weighted by atomic mass is 10.2. The van der Waals surface area contributed by atoms with Gasteiger partial charge in [-0.25, -0.2) is 4.72 Å². The second-order valence-electron chi connectivity index (χ2n) is 3.52. The van der Waals surface area contributed by atoms with E-state index in [1.54, 1.807) is 11.6 Å². The molecule has 0 spiro atoms. The Hall–Kier alpha value is -2.16. The number of nitrogens with one attached hydrogen (secondary N) is 2. The monoisotopic (exact) mass is 273 g/mol. The van der Waals surface area contributed by atoms with Crippen molar-refractivity contribution in [1.29, 1.82) is 0 Å². The Labute approximate surface area is 103 Å². The Morgan fingerprint density at radius 3 is 2.50 bits per heavy atom. The molecule has 1 rings (SSSR count). The van der Waals surface area contributed by atoms with Gasteiger partial charge in [0.2, 0.25) is 5.91 Å². The molecule has 1 aromatic carbocycles. The number of carbonyl (C=O) groups excluding carboxylic acids is 1. The van der Waals surface area contributed by atoms with E-state index in [1.807, 2.05) is 4.72 Å². The van der Waals surface area contributed by atoms with Gasteiger partial charge in [-0.05, 0) is 12.5 Å². The summed E-state index contributed by atoms with van der Waals surface area (Å²) < 4.78 is 26.6. The van der Waals surface area contributed by atoms with Gasteiger partial charge in [0.15, 0.2) is 0 Å². The van der Waals surface area contributed by atoms with Gasteiger partial charge < -0.3 is 0 Å². The topological polar surface area (TPSA) is 118 Å². The molecule has 18 heavy (non-hydrogen) atoms. The third-order valence-electron chi connectivity index (χ3n) is 1.95. The molecule has 8 nitrogen and oxygen atoms in total. The number of non-ortho nitro benzene ring substituents is 1. The zero-order chi connectivity index (χ0) is 13.9. The summed E-state index contributed by atoms with van der Waals surface area (Å²) in [4.78, 5) is 20.6. The number of carbonyl (C=O) groups is 1. The van der Waals surface area contributed by atoms with E-state index in [0.29, 0.717) is 5.56 Å². The highest BCUT2D eigenvalue weighted by atomic mass is 32.2. The highest BCUT2D eigenvalue weighted by Crippen LogP contribution is 2.22. The van der Waals surface area contributed by atoms with Crippen LogP contribution in [0.25, 0.3) is 0 Å². The molecule has 0 aliphatic heterocycles. The number of hydrogen-bond acceptors (Lipinski definition) is 5. The van der Waals surface area contributed by atoms with Gasteiger partial charge >= 0.3 is 10.2 Å². The maximum Gasteiger partial charge on any atom is 0.323 e. The maximum absolute atomic E-state index is 11.4. The molecule has 0 atom stereocenters. The third-order valence-corrected chi connectivity index (χ3v) is 3.00. The minimum atomic E-state index is -4.07. The fourth-order valence-corrected chi connectivity index (χ4v) is 2.13.